The molecule has 1 saturated heterocycles. The van der Waals surface area contributed by atoms with Gasteiger partial charge in [-0.05, 0) is 37.8 Å². The van der Waals surface area contributed by atoms with Gasteiger partial charge >= 0.3 is 0 Å². The van der Waals surface area contributed by atoms with Gasteiger partial charge in [-0.25, -0.2) is 9.97 Å². The maximum absolute atomic E-state index is 12.5. The van der Waals surface area contributed by atoms with Crippen molar-refractivity contribution in [2.75, 3.05) is 13.1 Å². The largest absolute Gasteiger partial charge is 0.337 e. The van der Waals surface area contributed by atoms with Crippen LogP contribution in [0.15, 0.2) is 42.9 Å². The van der Waals surface area contributed by atoms with Crippen molar-refractivity contribution < 1.29 is 4.79 Å². The van der Waals surface area contributed by atoms with Crippen LogP contribution in [0, 0.1) is 12.8 Å². The Labute approximate surface area is 146 Å². The highest BCUT2D eigenvalue weighted by Crippen LogP contribution is 2.24. The van der Waals surface area contributed by atoms with Crippen LogP contribution in [0.4, 0.5) is 0 Å². The first kappa shape index (κ1) is 15.7. The number of amides is 1. The van der Waals surface area contributed by atoms with E-state index in [1.807, 2.05) is 11.0 Å². The zero-order valence-corrected chi connectivity index (χ0v) is 14.3. The Morgan fingerprint density at radius 1 is 1.20 bits per heavy atom. The fourth-order valence-corrected chi connectivity index (χ4v) is 3.57. The number of hydrogen-bond acceptors (Lipinski definition) is 4. The number of nitrogens with zero attached hydrogens (tertiary/aromatic N) is 5. The number of rotatable bonds is 3. The highest BCUT2D eigenvalue weighted by atomic mass is 16.2. The minimum atomic E-state index is -0.0178. The molecule has 3 aromatic rings. The Balaban J connectivity index is 1.42. The van der Waals surface area contributed by atoms with Crippen molar-refractivity contribution in [2.24, 2.45) is 5.92 Å². The van der Waals surface area contributed by atoms with Crippen molar-refractivity contribution in [3.63, 3.8) is 0 Å². The van der Waals surface area contributed by atoms with E-state index >= 15 is 0 Å². The lowest BCUT2D eigenvalue weighted by molar-refractivity contribution is 0.0676. The average Bonchev–Trinajstić information content (AvgIpc) is 2.98. The number of carbonyl (C=O) groups excluding carboxylic acids is 1. The molecule has 0 unspecified atom stereocenters. The highest BCUT2D eigenvalue weighted by Gasteiger charge is 2.25. The molecule has 0 spiro atoms. The van der Waals surface area contributed by atoms with Crippen LogP contribution in [0.25, 0.3) is 11.0 Å². The van der Waals surface area contributed by atoms with Gasteiger partial charge in [0, 0.05) is 32.0 Å². The van der Waals surface area contributed by atoms with Crippen LogP contribution in [0.5, 0.6) is 0 Å². The normalized spacial score (nSPS) is 15.6. The minimum Gasteiger partial charge on any atom is -0.337 e. The molecule has 1 aromatic carbocycles. The summed E-state index contributed by atoms with van der Waals surface area (Å²) in [5.74, 6) is 1.59. The molecule has 1 amide bonds. The van der Waals surface area contributed by atoms with Gasteiger partial charge in [0.25, 0.3) is 5.91 Å². The molecule has 0 saturated carbocycles. The number of benzene rings is 1. The second-order valence-corrected chi connectivity index (χ2v) is 6.58. The minimum absolute atomic E-state index is 0.0178. The number of aryl methyl sites for hydroxylation is 1. The fraction of sp³-hybridized carbons (Fsp3) is 0.368. The number of likely N-dealkylation sites (tertiary alicyclic amines) is 1. The molecule has 1 aliphatic heterocycles. The summed E-state index contributed by atoms with van der Waals surface area (Å²) in [4.78, 5) is 27.1. The molecule has 25 heavy (non-hydrogen) atoms. The van der Waals surface area contributed by atoms with E-state index in [1.165, 1.54) is 11.7 Å². The van der Waals surface area contributed by atoms with E-state index < -0.39 is 0 Å². The van der Waals surface area contributed by atoms with Gasteiger partial charge in [0.05, 0.1) is 17.2 Å². The van der Waals surface area contributed by atoms with Crippen LogP contribution >= 0.6 is 0 Å². The summed E-state index contributed by atoms with van der Waals surface area (Å²) in [6, 6.07) is 8.26. The molecule has 6 heteroatoms. The molecule has 3 heterocycles. The molecular formula is C19H21N5O. The number of piperidine rings is 1. The molecule has 0 radical (unpaired) electrons. The molecule has 0 bridgehead atoms. The van der Waals surface area contributed by atoms with Gasteiger partial charge in [-0.3, -0.25) is 9.78 Å². The maximum Gasteiger partial charge on any atom is 0.274 e. The zero-order valence-electron chi connectivity index (χ0n) is 14.3. The third-order valence-corrected chi connectivity index (χ3v) is 4.97. The van der Waals surface area contributed by atoms with E-state index in [2.05, 4.69) is 44.6 Å². The van der Waals surface area contributed by atoms with Gasteiger partial charge in [-0.1, -0.05) is 12.1 Å². The van der Waals surface area contributed by atoms with E-state index in [0.29, 0.717) is 11.6 Å². The Kier molecular flexibility index (Phi) is 4.17. The number of aromatic nitrogens is 4. The number of carbonyl (C=O) groups is 1. The van der Waals surface area contributed by atoms with Crippen molar-refractivity contribution in [2.45, 2.75) is 26.3 Å². The molecule has 0 N–H and O–H groups in total. The van der Waals surface area contributed by atoms with Gasteiger partial charge in [-0.2, -0.15) is 0 Å². The van der Waals surface area contributed by atoms with Gasteiger partial charge in [0.1, 0.15) is 11.5 Å². The third-order valence-electron chi connectivity index (χ3n) is 4.97. The summed E-state index contributed by atoms with van der Waals surface area (Å²) in [5.41, 5.74) is 2.67. The molecular weight excluding hydrogens is 314 g/mol. The quantitative estimate of drug-likeness (QED) is 0.738. The Morgan fingerprint density at radius 3 is 2.76 bits per heavy atom. The molecule has 2 aromatic heterocycles. The summed E-state index contributed by atoms with van der Waals surface area (Å²) in [6.45, 7) is 4.56. The van der Waals surface area contributed by atoms with Gasteiger partial charge in [0.15, 0.2) is 0 Å². The number of imidazole rings is 1. The second-order valence-electron chi connectivity index (χ2n) is 6.58. The molecule has 128 valence electrons. The number of para-hydroxylation sites is 2. The molecule has 1 aliphatic rings. The predicted molar refractivity (Wildman–Crippen MR) is 95.1 cm³/mol. The highest BCUT2D eigenvalue weighted by molar-refractivity contribution is 5.92. The van der Waals surface area contributed by atoms with Crippen molar-refractivity contribution >= 4 is 16.9 Å². The summed E-state index contributed by atoms with van der Waals surface area (Å²) in [6.07, 6.45) is 6.68. The average molecular weight is 335 g/mol. The first-order valence-electron chi connectivity index (χ1n) is 8.69. The molecule has 4 rings (SSSR count). The number of fused-ring (bicyclic) bond motifs is 1. The fourth-order valence-electron chi connectivity index (χ4n) is 3.57. The lowest BCUT2D eigenvalue weighted by Gasteiger charge is -2.32. The summed E-state index contributed by atoms with van der Waals surface area (Å²) in [5, 5.41) is 0. The van der Waals surface area contributed by atoms with E-state index in [9.17, 15) is 4.79 Å². The predicted octanol–water partition coefficient (Wildman–Crippen LogP) is 2.69. The van der Waals surface area contributed by atoms with Crippen molar-refractivity contribution in [3.8, 4) is 0 Å². The first-order valence-corrected chi connectivity index (χ1v) is 8.69. The molecule has 6 nitrogen and oxygen atoms in total. The Bertz CT molecular complexity index is 881. The molecule has 1 fully saturated rings. The smallest absolute Gasteiger partial charge is 0.274 e. The van der Waals surface area contributed by atoms with Crippen LogP contribution in [0.1, 0.15) is 29.2 Å². The number of hydrogen-bond donors (Lipinski definition) is 0. The van der Waals surface area contributed by atoms with Crippen LogP contribution in [-0.4, -0.2) is 43.4 Å². The monoisotopic (exact) mass is 335 g/mol. The Morgan fingerprint density at radius 2 is 2.00 bits per heavy atom. The lowest BCUT2D eigenvalue weighted by Crippen LogP contribution is -2.39. The van der Waals surface area contributed by atoms with Crippen LogP contribution < -0.4 is 0 Å². The summed E-state index contributed by atoms with van der Waals surface area (Å²) < 4.78 is 2.31. The maximum atomic E-state index is 12.5. The van der Waals surface area contributed by atoms with E-state index in [1.54, 1.807) is 12.4 Å². The topological polar surface area (TPSA) is 63.9 Å². The lowest BCUT2D eigenvalue weighted by atomic mass is 9.96. The van der Waals surface area contributed by atoms with Crippen LogP contribution in [0.3, 0.4) is 0 Å². The Hall–Kier alpha value is -2.76. The van der Waals surface area contributed by atoms with Gasteiger partial charge in [0.2, 0.25) is 0 Å². The SMILES string of the molecule is Cc1nc2ccccc2n1CC1CCN(C(=O)c2cnccn2)CC1. The molecule has 0 atom stereocenters. The van der Waals surface area contributed by atoms with E-state index in [0.717, 1.165) is 43.8 Å². The second kappa shape index (κ2) is 6.63. The van der Waals surface area contributed by atoms with E-state index in [4.69, 9.17) is 0 Å². The van der Waals surface area contributed by atoms with Gasteiger partial charge < -0.3 is 9.47 Å². The van der Waals surface area contributed by atoms with Crippen LogP contribution in [0.2, 0.25) is 0 Å². The van der Waals surface area contributed by atoms with Crippen molar-refractivity contribution in [3.05, 3.63) is 54.4 Å². The van der Waals surface area contributed by atoms with Gasteiger partial charge in [-0.15, -0.1) is 0 Å². The standard InChI is InChI=1S/C19H21N5O/c1-14-22-16-4-2-3-5-18(16)24(14)13-15-6-10-23(11-7-15)19(25)17-12-20-8-9-21-17/h2-5,8-9,12,15H,6-7,10-11,13H2,1H3. The van der Waals surface area contributed by atoms with Crippen LogP contribution in [-0.2, 0) is 6.54 Å². The summed E-state index contributed by atoms with van der Waals surface area (Å²) in [7, 11) is 0. The van der Waals surface area contributed by atoms with E-state index in [-0.39, 0.29) is 5.91 Å². The first-order chi connectivity index (χ1) is 12.2. The van der Waals surface area contributed by atoms with Crippen molar-refractivity contribution in [1.29, 1.82) is 0 Å². The van der Waals surface area contributed by atoms with Crippen molar-refractivity contribution in [1.82, 2.24) is 24.4 Å². The third kappa shape index (κ3) is 3.12. The molecule has 0 aliphatic carbocycles. The zero-order chi connectivity index (χ0) is 17.2. The summed E-state index contributed by atoms with van der Waals surface area (Å²) >= 11 is 0.